The second kappa shape index (κ2) is 7.99. The van der Waals surface area contributed by atoms with Gasteiger partial charge in [-0.25, -0.2) is 14.4 Å². The summed E-state index contributed by atoms with van der Waals surface area (Å²) < 4.78 is 23.7. The van der Waals surface area contributed by atoms with Crippen LogP contribution in [0.4, 0.5) is 10.3 Å². The van der Waals surface area contributed by atoms with E-state index in [2.05, 4.69) is 29.2 Å². The fraction of sp³-hybridized carbons (Fsp3) is 0.333. The normalized spacial score (nSPS) is 12.9. The molecular weight excluding hydrogens is 423 g/mol. The fourth-order valence-electron chi connectivity index (χ4n) is 4.15. The zero-order valence-corrected chi connectivity index (χ0v) is 19.0. The molecule has 0 bridgehead atoms. The lowest BCUT2D eigenvalue weighted by molar-refractivity contribution is 0.101. The molecule has 1 aliphatic rings. The maximum absolute atomic E-state index is 14.6. The van der Waals surface area contributed by atoms with Crippen LogP contribution in [-0.4, -0.2) is 36.5 Å². The molecule has 4 heterocycles. The number of aromatic nitrogens is 5. The first-order valence-electron chi connectivity index (χ1n) is 10.9. The first kappa shape index (κ1) is 21.1. The van der Waals surface area contributed by atoms with Crippen molar-refractivity contribution in [3.8, 4) is 17.0 Å². The minimum atomic E-state index is -0.264. The Hall–Kier alpha value is -3.75. The highest BCUT2D eigenvalue weighted by Gasteiger charge is 2.21. The van der Waals surface area contributed by atoms with E-state index >= 15 is 0 Å². The fourth-order valence-corrected chi connectivity index (χ4v) is 4.15. The van der Waals surface area contributed by atoms with E-state index in [9.17, 15) is 9.18 Å². The van der Waals surface area contributed by atoms with Gasteiger partial charge in [0.2, 0.25) is 5.95 Å². The maximum atomic E-state index is 14.6. The van der Waals surface area contributed by atoms with Gasteiger partial charge in [0.15, 0.2) is 11.4 Å². The number of ketones is 1. The van der Waals surface area contributed by atoms with Gasteiger partial charge >= 0.3 is 0 Å². The highest BCUT2D eigenvalue weighted by Crippen LogP contribution is 2.32. The van der Waals surface area contributed by atoms with Gasteiger partial charge in [0.05, 0.1) is 23.6 Å². The molecule has 0 fully saturated rings. The Morgan fingerprint density at radius 1 is 1.33 bits per heavy atom. The van der Waals surface area contributed by atoms with Gasteiger partial charge < -0.3 is 10.1 Å². The lowest BCUT2D eigenvalue weighted by Crippen LogP contribution is -2.10. The van der Waals surface area contributed by atoms with E-state index in [1.54, 1.807) is 30.1 Å². The summed E-state index contributed by atoms with van der Waals surface area (Å²) in [7, 11) is 1.79. The number of ether oxygens (including phenoxy) is 1. The molecule has 170 valence electrons. The lowest BCUT2D eigenvalue weighted by atomic mass is 10.0. The molecule has 5 rings (SSSR count). The number of Topliss-reactive ketones (excluding diaryl/α,β-unsaturated/α-hetero) is 1. The van der Waals surface area contributed by atoms with Gasteiger partial charge in [-0.05, 0) is 24.1 Å². The Balaban J connectivity index is 1.57. The monoisotopic (exact) mass is 448 g/mol. The molecule has 1 N–H and O–H groups in total. The van der Waals surface area contributed by atoms with Gasteiger partial charge in [-0.2, -0.15) is 5.10 Å². The number of anilines is 1. The number of carbonyl (C=O) groups excluding carboxylic acids is 1. The Bertz CT molecular complexity index is 1390. The first-order chi connectivity index (χ1) is 15.8. The van der Waals surface area contributed by atoms with Crippen molar-refractivity contribution < 1.29 is 13.9 Å². The molecule has 0 unspecified atom stereocenters. The Labute approximate surface area is 190 Å². The SMILES string of the molecule is CC(=O)c1cc(-c2cnc(NCc3c(F)ccc4c3CCO4)n3cc(C(C)C)nc23)n(C)n1. The molecule has 0 spiro atoms. The van der Waals surface area contributed by atoms with Gasteiger partial charge in [0.1, 0.15) is 17.3 Å². The molecule has 0 amide bonds. The van der Waals surface area contributed by atoms with Gasteiger partial charge in [0.25, 0.3) is 0 Å². The van der Waals surface area contributed by atoms with Crippen LogP contribution in [0.15, 0.2) is 30.6 Å². The number of imidazole rings is 1. The molecule has 0 saturated heterocycles. The number of nitrogens with zero attached hydrogens (tertiary/aromatic N) is 5. The van der Waals surface area contributed by atoms with Crippen LogP contribution in [0.1, 0.15) is 54.0 Å². The second-order valence-corrected chi connectivity index (χ2v) is 8.56. The summed E-state index contributed by atoms with van der Waals surface area (Å²) in [6.45, 7) is 6.47. The Morgan fingerprint density at radius 3 is 2.88 bits per heavy atom. The quantitative estimate of drug-likeness (QED) is 0.446. The molecule has 4 aromatic rings. The summed E-state index contributed by atoms with van der Waals surface area (Å²) in [5.41, 5.74) is 4.97. The largest absolute Gasteiger partial charge is 0.493 e. The van der Waals surface area contributed by atoms with Crippen LogP contribution in [0.2, 0.25) is 0 Å². The predicted molar refractivity (Wildman–Crippen MR) is 122 cm³/mol. The van der Waals surface area contributed by atoms with Gasteiger partial charge in [0, 0.05) is 50.5 Å². The standard InChI is InChI=1S/C24H25FN6O2/c1-13(2)20-12-31-23(28-20)17(21-9-19(14(3)32)29-30(21)4)11-27-24(31)26-10-16-15-7-8-33-22(15)6-5-18(16)25/h5-6,9,11-13H,7-8,10H2,1-4H3,(H,26,27). The van der Waals surface area contributed by atoms with Crippen molar-refractivity contribution in [1.29, 1.82) is 0 Å². The number of fused-ring (bicyclic) bond motifs is 2. The van der Waals surface area contributed by atoms with Crippen molar-refractivity contribution in [2.45, 2.75) is 39.7 Å². The molecular formula is C24H25FN6O2. The third-order valence-electron chi connectivity index (χ3n) is 5.98. The highest BCUT2D eigenvalue weighted by atomic mass is 19.1. The minimum absolute atomic E-state index is 0.105. The first-order valence-corrected chi connectivity index (χ1v) is 10.9. The molecule has 1 aliphatic heterocycles. The average Bonchev–Trinajstić information content (AvgIpc) is 3.51. The van der Waals surface area contributed by atoms with E-state index in [-0.39, 0.29) is 24.1 Å². The van der Waals surface area contributed by atoms with E-state index in [1.165, 1.54) is 13.0 Å². The molecule has 1 aromatic carbocycles. The number of halogens is 1. The van der Waals surface area contributed by atoms with Gasteiger partial charge in [-0.15, -0.1) is 0 Å². The van der Waals surface area contributed by atoms with E-state index < -0.39 is 0 Å². The molecule has 33 heavy (non-hydrogen) atoms. The molecule has 3 aromatic heterocycles. The number of nitrogens with one attached hydrogen (secondary N) is 1. The van der Waals surface area contributed by atoms with Crippen molar-refractivity contribution >= 4 is 17.4 Å². The summed E-state index contributed by atoms with van der Waals surface area (Å²) >= 11 is 0. The molecule has 0 saturated carbocycles. The highest BCUT2D eigenvalue weighted by molar-refractivity contribution is 5.93. The van der Waals surface area contributed by atoms with Crippen LogP contribution in [-0.2, 0) is 20.0 Å². The average molecular weight is 449 g/mol. The van der Waals surface area contributed by atoms with Crippen LogP contribution in [0.5, 0.6) is 5.75 Å². The van der Waals surface area contributed by atoms with E-state index in [1.807, 2.05) is 10.6 Å². The molecule has 0 radical (unpaired) electrons. The van der Waals surface area contributed by atoms with Crippen molar-refractivity contribution in [2.75, 3.05) is 11.9 Å². The van der Waals surface area contributed by atoms with Gasteiger partial charge in [-0.3, -0.25) is 13.9 Å². The minimum Gasteiger partial charge on any atom is -0.493 e. The van der Waals surface area contributed by atoms with Crippen molar-refractivity contribution in [3.05, 3.63) is 58.9 Å². The van der Waals surface area contributed by atoms with E-state index in [0.717, 1.165) is 28.3 Å². The van der Waals surface area contributed by atoms with E-state index in [0.29, 0.717) is 35.9 Å². The number of rotatable bonds is 6. The number of carbonyl (C=O) groups is 1. The summed E-state index contributed by atoms with van der Waals surface area (Å²) in [5, 5.41) is 7.59. The topological polar surface area (TPSA) is 86.3 Å². The van der Waals surface area contributed by atoms with Crippen LogP contribution >= 0.6 is 0 Å². The van der Waals surface area contributed by atoms with Crippen molar-refractivity contribution in [2.24, 2.45) is 7.05 Å². The van der Waals surface area contributed by atoms with Crippen molar-refractivity contribution in [3.63, 3.8) is 0 Å². The third kappa shape index (κ3) is 3.63. The third-order valence-corrected chi connectivity index (χ3v) is 5.98. The second-order valence-electron chi connectivity index (χ2n) is 8.56. The zero-order valence-electron chi connectivity index (χ0n) is 19.0. The Morgan fingerprint density at radius 2 is 2.15 bits per heavy atom. The zero-order chi connectivity index (χ0) is 23.3. The number of aryl methyl sites for hydroxylation is 1. The van der Waals surface area contributed by atoms with Crippen LogP contribution in [0.3, 0.4) is 0 Å². The number of hydrogen-bond donors (Lipinski definition) is 1. The smallest absolute Gasteiger partial charge is 0.208 e. The summed E-state index contributed by atoms with van der Waals surface area (Å²) in [4.78, 5) is 21.3. The Kier molecular flexibility index (Phi) is 5.11. The molecule has 0 aliphatic carbocycles. The van der Waals surface area contributed by atoms with Crippen LogP contribution in [0, 0.1) is 5.82 Å². The maximum Gasteiger partial charge on any atom is 0.208 e. The summed E-state index contributed by atoms with van der Waals surface area (Å²) in [5.74, 6) is 1.13. The summed E-state index contributed by atoms with van der Waals surface area (Å²) in [6, 6.07) is 4.87. The number of hydrogen-bond acceptors (Lipinski definition) is 6. The summed E-state index contributed by atoms with van der Waals surface area (Å²) in [6.07, 6.45) is 4.34. The van der Waals surface area contributed by atoms with Crippen molar-refractivity contribution in [1.82, 2.24) is 24.1 Å². The van der Waals surface area contributed by atoms with E-state index in [4.69, 9.17) is 9.72 Å². The number of benzene rings is 1. The molecule has 9 heteroatoms. The molecule has 8 nitrogen and oxygen atoms in total. The van der Waals surface area contributed by atoms with Crippen LogP contribution < -0.4 is 10.1 Å². The van der Waals surface area contributed by atoms with Gasteiger partial charge in [-0.1, -0.05) is 13.8 Å². The lowest BCUT2D eigenvalue weighted by Gasteiger charge is -2.13. The predicted octanol–water partition coefficient (Wildman–Crippen LogP) is 4.14. The molecule has 0 atom stereocenters. The van der Waals surface area contributed by atoms with Crippen LogP contribution in [0.25, 0.3) is 16.9 Å².